The van der Waals surface area contributed by atoms with E-state index in [1.165, 1.54) is 0 Å². The largest absolute Gasteiger partial charge is 0.326 e. The van der Waals surface area contributed by atoms with Gasteiger partial charge in [0.05, 0.1) is 4.99 Å². The van der Waals surface area contributed by atoms with E-state index in [1.54, 1.807) is 0 Å². The van der Waals surface area contributed by atoms with Crippen LogP contribution in [0, 0.1) is 0 Å². The first-order valence-corrected chi connectivity index (χ1v) is 4.16. The third kappa shape index (κ3) is 2.29. The van der Waals surface area contributed by atoms with Crippen molar-refractivity contribution in [1.82, 2.24) is 5.73 Å². The predicted molar refractivity (Wildman–Crippen MR) is 53.7 cm³/mol. The quantitative estimate of drug-likeness (QED) is 0.711. The first-order valence-electron chi connectivity index (χ1n) is 3.75. The highest BCUT2D eigenvalue weighted by molar-refractivity contribution is 7.80. The van der Waals surface area contributed by atoms with Crippen LogP contribution in [-0.4, -0.2) is 4.99 Å². The molecule has 0 heterocycles. The zero-order chi connectivity index (χ0) is 8.97. The molecule has 3 heteroatoms. The summed E-state index contributed by atoms with van der Waals surface area (Å²) >= 11 is 4.71. The summed E-state index contributed by atoms with van der Waals surface area (Å²) in [6.45, 7) is 0.513. The maximum Gasteiger partial charge on any atom is 0.0984 e. The molecule has 0 spiro atoms. The fraction of sp³-hybridized carbons (Fsp3) is 0.222. The maximum atomic E-state index is 7.18. The second kappa shape index (κ2) is 4.18. The van der Waals surface area contributed by atoms with E-state index in [9.17, 15) is 0 Å². The molecule has 0 saturated heterocycles. The summed E-state index contributed by atoms with van der Waals surface area (Å²) in [7, 11) is 0. The fourth-order valence-electron chi connectivity index (χ4n) is 1.10. The Bertz CT molecular complexity index is 284. The average Bonchev–Trinajstić information content (AvgIpc) is 2.04. The van der Waals surface area contributed by atoms with Crippen LogP contribution in [0.4, 0.5) is 0 Å². The van der Waals surface area contributed by atoms with Gasteiger partial charge in [-0.25, -0.2) is 0 Å². The van der Waals surface area contributed by atoms with Crippen LogP contribution < -0.4 is 11.5 Å². The normalized spacial score (nSPS) is 9.75. The van der Waals surface area contributed by atoms with Crippen LogP contribution in [0.3, 0.4) is 0 Å². The Morgan fingerprint density at radius 1 is 1.33 bits per heavy atom. The highest BCUT2D eigenvalue weighted by Gasteiger charge is 2.00. The van der Waals surface area contributed by atoms with E-state index in [0.717, 1.165) is 11.1 Å². The Morgan fingerprint density at radius 3 is 2.42 bits per heavy atom. The van der Waals surface area contributed by atoms with Crippen LogP contribution >= 0.6 is 12.2 Å². The molecule has 1 aromatic carbocycles. The molecule has 0 aliphatic carbocycles. The minimum Gasteiger partial charge on any atom is -0.326 e. The standard InChI is InChI=1S/C9H11N2S/c10-6-8-4-2-1-3-7(8)5-9(11)12/h1-4,11H,5-6,10H2. The molecule has 1 aromatic rings. The number of hydrogen-bond acceptors (Lipinski definition) is 2. The summed E-state index contributed by atoms with van der Waals surface area (Å²) in [5.74, 6) is 0. The fourth-order valence-corrected chi connectivity index (χ4v) is 1.26. The average molecular weight is 179 g/mol. The summed E-state index contributed by atoms with van der Waals surface area (Å²) in [6, 6.07) is 7.81. The summed E-state index contributed by atoms with van der Waals surface area (Å²) in [4.78, 5) is 0.260. The molecule has 3 N–H and O–H groups in total. The van der Waals surface area contributed by atoms with Crippen molar-refractivity contribution < 1.29 is 0 Å². The molecule has 63 valence electrons. The molecular weight excluding hydrogens is 168 g/mol. The van der Waals surface area contributed by atoms with Gasteiger partial charge in [0, 0.05) is 13.0 Å². The van der Waals surface area contributed by atoms with Gasteiger partial charge in [-0.1, -0.05) is 36.5 Å². The van der Waals surface area contributed by atoms with Crippen LogP contribution in [-0.2, 0) is 13.0 Å². The molecule has 0 unspecified atom stereocenters. The zero-order valence-corrected chi connectivity index (χ0v) is 7.53. The van der Waals surface area contributed by atoms with Crippen LogP contribution in [0.2, 0.25) is 0 Å². The van der Waals surface area contributed by atoms with Crippen LogP contribution in [0.5, 0.6) is 0 Å². The Kier molecular flexibility index (Phi) is 3.19. The molecule has 0 aromatic heterocycles. The second-order valence-electron chi connectivity index (χ2n) is 2.57. The number of nitrogens with two attached hydrogens (primary N) is 1. The van der Waals surface area contributed by atoms with Gasteiger partial charge in [0.2, 0.25) is 0 Å². The maximum absolute atomic E-state index is 7.18. The predicted octanol–water partition coefficient (Wildman–Crippen LogP) is 1.30. The Hall–Kier alpha value is -0.930. The Labute approximate surface area is 77.6 Å². The molecule has 0 amide bonds. The minimum absolute atomic E-state index is 0.260. The summed E-state index contributed by atoms with van der Waals surface area (Å²) < 4.78 is 0. The first kappa shape index (κ1) is 9.16. The lowest BCUT2D eigenvalue weighted by Gasteiger charge is -2.04. The molecule has 0 fully saturated rings. The molecule has 1 radical (unpaired) electrons. The van der Waals surface area contributed by atoms with E-state index in [0.29, 0.717) is 13.0 Å². The molecule has 1 rings (SSSR count). The van der Waals surface area contributed by atoms with Gasteiger partial charge in [0.15, 0.2) is 0 Å². The van der Waals surface area contributed by atoms with E-state index in [2.05, 4.69) is 0 Å². The van der Waals surface area contributed by atoms with Gasteiger partial charge in [-0.3, -0.25) is 5.73 Å². The highest BCUT2D eigenvalue weighted by Crippen LogP contribution is 2.08. The second-order valence-corrected chi connectivity index (χ2v) is 3.07. The third-order valence-corrected chi connectivity index (χ3v) is 1.83. The van der Waals surface area contributed by atoms with Gasteiger partial charge < -0.3 is 5.73 Å². The molecule has 0 aliphatic heterocycles. The Balaban J connectivity index is 2.89. The topological polar surface area (TPSA) is 49.8 Å². The van der Waals surface area contributed by atoms with E-state index in [-0.39, 0.29) is 4.99 Å². The van der Waals surface area contributed by atoms with Gasteiger partial charge in [-0.15, -0.1) is 0 Å². The van der Waals surface area contributed by atoms with E-state index >= 15 is 0 Å². The smallest absolute Gasteiger partial charge is 0.0984 e. The van der Waals surface area contributed by atoms with Gasteiger partial charge in [-0.2, -0.15) is 0 Å². The van der Waals surface area contributed by atoms with Crippen LogP contribution in [0.1, 0.15) is 11.1 Å². The highest BCUT2D eigenvalue weighted by atomic mass is 32.1. The lowest BCUT2D eigenvalue weighted by molar-refractivity contribution is 1.04. The van der Waals surface area contributed by atoms with Gasteiger partial charge in [0.25, 0.3) is 0 Å². The van der Waals surface area contributed by atoms with E-state index in [4.69, 9.17) is 23.7 Å². The monoisotopic (exact) mass is 179 g/mol. The van der Waals surface area contributed by atoms with Crippen molar-refractivity contribution in [2.24, 2.45) is 5.73 Å². The summed E-state index contributed by atoms with van der Waals surface area (Å²) in [5, 5.41) is 0. The van der Waals surface area contributed by atoms with Crippen molar-refractivity contribution in [2.75, 3.05) is 0 Å². The van der Waals surface area contributed by atoms with Gasteiger partial charge in [0.1, 0.15) is 0 Å². The lowest BCUT2D eigenvalue weighted by Crippen LogP contribution is -2.06. The molecule has 0 aliphatic rings. The molecular formula is C9H11N2S. The number of hydrogen-bond donors (Lipinski definition) is 1. The minimum atomic E-state index is 0.260. The number of thiocarbonyl (C=S) groups is 1. The van der Waals surface area contributed by atoms with Crippen molar-refractivity contribution in [3.05, 3.63) is 35.4 Å². The first-order chi connectivity index (χ1) is 5.74. The zero-order valence-electron chi connectivity index (χ0n) is 6.71. The van der Waals surface area contributed by atoms with Gasteiger partial charge >= 0.3 is 0 Å². The molecule has 0 saturated carbocycles. The number of nitrogens with one attached hydrogen (secondary N) is 1. The van der Waals surface area contributed by atoms with Crippen molar-refractivity contribution >= 4 is 17.2 Å². The van der Waals surface area contributed by atoms with Crippen molar-refractivity contribution in [3.8, 4) is 0 Å². The van der Waals surface area contributed by atoms with Gasteiger partial charge in [-0.05, 0) is 11.1 Å². The molecule has 2 nitrogen and oxygen atoms in total. The number of benzene rings is 1. The SMILES string of the molecule is [NH]C(=S)Cc1ccccc1CN. The molecule has 12 heavy (non-hydrogen) atoms. The van der Waals surface area contributed by atoms with Crippen LogP contribution in [0.15, 0.2) is 24.3 Å². The summed E-state index contributed by atoms with van der Waals surface area (Å²) in [6.07, 6.45) is 0.530. The molecule has 0 atom stereocenters. The van der Waals surface area contributed by atoms with E-state index < -0.39 is 0 Å². The van der Waals surface area contributed by atoms with Crippen molar-refractivity contribution in [1.29, 1.82) is 0 Å². The van der Waals surface area contributed by atoms with Crippen LogP contribution in [0.25, 0.3) is 0 Å². The van der Waals surface area contributed by atoms with Crippen molar-refractivity contribution in [3.63, 3.8) is 0 Å². The lowest BCUT2D eigenvalue weighted by atomic mass is 10.1. The third-order valence-electron chi connectivity index (χ3n) is 1.69. The molecule has 0 bridgehead atoms. The van der Waals surface area contributed by atoms with Crippen molar-refractivity contribution in [2.45, 2.75) is 13.0 Å². The van der Waals surface area contributed by atoms with E-state index in [1.807, 2.05) is 24.3 Å². The number of rotatable bonds is 3. The summed E-state index contributed by atoms with van der Waals surface area (Å²) in [5.41, 5.74) is 14.8. The Morgan fingerprint density at radius 2 is 1.92 bits per heavy atom.